The Balaban J connectivity index is 0.956. The molecule has 0 aliphatic heterocycles. The first-order valence-corrected chi connectivity index (χ1v) is 21.9. The number of benzene rings is 10. The van der Waals surface area contributed by atoms with E-state index < -0.39 is 0 Å². The van der Waals surface area contributed by atoms with Crippen LogP contribution in [-0.4, -0.2) is 4.98 Å². The Morgan fingerprint density at radius 2 is 0.738 bits per heavy atom. The molecule has 10 aromatic carbocycles. The molecule has 0 saturated heterocycles. The van der Waals surface area contributed by atoms with Gasteiger partial charge >= 0.3 is 0 Å². The molecule has 0 aliphatic rings. The number of aromatic nitrogens is 1. The Bertz CT molecular complexity index is 3600. The molecule has 0 spiro atoms. The van der Waals surface area contributed by atoms with E-state index in [1.54, 1.807) is 0 Å². The molecular weight excluding hydrogens is 793 g/mol. The third-order valence-electron chi connectivity index (χ3n) is 12.3. The number of hydrogen-bond acceptors (Lipinski definition) is 4. The van der Waals surface area contributed by atoms with Crippen molar-refractivity contribution in [2.24, 2.45) is 0 Å². The maximum atomic E-state index is 6.65. The maximum Gasteiger partial charge on any atom is 0.227 e. The van der Waals surface area contributed by atoms with Gasteiger partial charge in [-0.2, -0.15) is 0 Å². The zero-order valence-corrected chi connectivity index (χ0v) is 35.3. The van der Waals surface area contributed by atoms with Crippen LogP contribution in [0, 0.1) is 0 Å². The van der Waals surface area contributed by atoms with Crippen LogP contribution < -0.4 is 4.90 Å². The molecule has 0 fully saturated rings. The molecule has 12 rings (SSSR count). The van der Waals surface area contributed by atoms with Gasteiger partial charge in [0.2, 0.25) is 5.89 Å². The molecule has 4 nitrogen and oxygen atoms in total. The monoisotopic (exact) mass is 832 g/mol. The van der Waals surface area contributed by atoms with Gasteiger partial charge in [-0.3, -0.25) is 0 Å². The van der Waals surface area contributed by atoms with Gasteiger partial charge in [0.15, 0.2) is 5.58 Å². The highest BCUT2D eigenvalue weighted by Gasteiger charge is 2.22. The van der Waals surface area contributed by atoms with E-state index in [1.165, 1.54) is 27.8 Å². The van der Waals surface area contributed by atoms with Gasteiger partial charge in [0.05, 0.1) is 5.56 Å². The average Bonchev–Trinajstić information content (AvgIpc) is 3.99. The predicted molar refractivity (Wildman–Crippen MR) is 269 cm³/mol. The molecular formula is C61H40N2O2. The van der Waals surface area contributed by atoms with Crippen molar-refractivity contribution >= 4 is 50.1 Å². The van der Waals surface area contributed by atoms with Crippen LogP contribution in [0.4, 0.5) is 17.1 Å². The third kappa shape index (κ3) is 7.13. The second-order valence-electron chi connectivity index (χ2n) is 16.3. The molecule has 12 aromatic rings. The van der Waals surface area contributed by atoms with Gasteiger partial charge in [0.1, 0.15) is 16.7 Å². The minimum atomic E-state index is 0.576. The number of anilines is 3. The lowest BCUT2D eigenvalue weighted by molar-refractivity contribution is 0.620. The number of furan rings is 1. The van der Waals surface area contributed by atoms with Crippen LogP contribution in [0.5, 0.6) is 0 Å². The lowest BCUT2D eigenvalue weighted by atomic mass is 9.98. The second-order valence-corrected chi connectivity index (χ2v) is 16.3. The average molecular weight is 833 g/mol. The Kier molecular flexibility index (Phi) is 9.46. The molecule has 0 aliphatic carbocycles. The van der Waals surface area contributed by atoms with E-state index in [-0.39, 0.29) is 0 Å². The Morgan fingerprint density at radius 3 is 1.31 bits per heavy atom. The van der Waals surface area contributed by atoms with Gasteiger partial charge in [-0.1, -0.05) is 182 Å². The molecule has 0 saturated carbocycles. The number of hydrogen-bond donors (Lipinski definition) is 0. The normalized spacial score (nSPS) is 11.4. The van der Waals surface area contributed by atoms with Crippen molar-refractivity contribution in [2.75, 3.05) is 4.90 Å². The summed E-state index contributed by atoms with van der Waals surface area (Å²) in [6.07, 6.45) is 0. The minimum Gasteiger partial charge on any atom is -0.455 e. The van der Waals surface area contributed by atoms with Gasteiger partial charge in [-0.05, 0) is 111 Å². The third-order valence-corrected chi connectivity index (χ3v) is 12.3. The van der Waals surface area contributed by atoms with Crippen molar-refractivity contribution in [1.82, 2.24) is 4.98 Å². The summed E-state index contributed by atoms with van der Waals surface area (Å²) in [6.45, 7) is 0. The van der Waals surface area contributed by atoms with Gasteiger partial charge in [0, 0.05) is 33.4 Å². The van der Waals surface area contributed by atoms with Crippen molar-refractivity contribution in [3.8, 4) is 67.1 Å². The number of oxazole rings is 1. The van der Waals surface area contributed by atoms with E-state index in [0.29, 0.717) is 11.5 Å². The van der Waals surface area contributed by atoms with E-state index in [9.17, 15) is 0 Å². The van der Waals surface area contributed by atoms with Gasteiger partial charge < -0.3 is 13.7 Å². The summed E-state index contributed by atoms with van der Waals surface area (Å²) < 4.78 is 13.2. The van der Waals surface area contributed by atoms with Crippen LogP contribution in [0.25, 0.3) is 100 Å². The van der Waals surface area contributed by atoms with Crippen molar-refractivity contribution < 1.29 is 8.83 Å². The fourth-order valence-corrected chi connectivity index (χ4v) is 9.04. The van der Waals surface area contributed by atoms with E-state index in [1.807, 2.05) is 48.5 Å². The lowest BCUT2D eigenvalue weighted by Gasteiger charge is -2.26. The van der Waals surface area contributed by atoms with E-state index in [4.69, 9.17) is 13.8 Å². The summed E-state index contributed by atoms with van der Waals surface area (Å²) in [4.78, 5) is 7.44. The van der Waals surface area contributed by atoms with Crippen molar-refractivity contribution in [2.45, 2.75) is 0 Å². The molecule has 0 unspecified atom stereocenters. The Hall–Kier alpha value is -8.73. The largest absolute Gasteiger partial charge is 0.455 e. The van der Waals surface area contributed by atoms with Crippen LogP contribution >= 0.6 is 0 Å². The van der Waals surface area contributed by atoms with E-state index >= 15 is 0 Å². The highest BCUT2D eigenvalue weighted by atomic mass is 16.4. The summed E-state index contributed by atoms with van der Waals surface area (Å²) in [5, 5.41) is 2.03. The lowest BCUT2D eigenvalue weighted by Crippen LogP contribution is -2.10. The van der Waals surface area contributed by atoms with Gasteiger partial charge in [-0.15, -0.1) is 0 Å². The molecule has 0 amide bonds. The number of rotatable bonds is 9. The van der Waals surface area contributed by atoms with E-state index in [0.717, 1.165) is 77.9 Å². The number of fused-ring (bicyclic) bond motifs is 4. The highest BCUT2D eigenvalue weighted by Crippen LogP contribution is 2.44. The van der Waals surface area contributed by atoms with Crippen LogP contribution in [0.2, 0.25) is 0 Å². The highest BCUT2D eigenvalue weighted by molar-refractivity contribution is 6.16. The molecule has 2 aromatic heterocycles. The fourth-order valence-electron chi connectivity index (χ4n) is 9.04. The zero-order valence-electron chi connectivity index (χ0n) is 35.3. The second kappa shape index (κ2) is 16.2. The van der Waals surface area contributed by atoms with Crippen molar-refractivity contribution in [1.29, 1.82) is 0 Å². The summed E-state index contributed by atoms with van der Waals surface area (Å²) in [5.74, 6) is 0.576. The zero-order chi connectivity index (χ0) is 43.1. The standard InChI is InChI=1S/C61H40N2O2/c1-4-13-41(14-5-1)43-23-25-45(26-24-43)46-31-35-51(36-32-46)63(53-20-12-19-50(39-53)47-29-27-44(28-30-47)42-15-6-2-7-16-42)52-37-33-48(34-38-52)58-59-57(65-61(62-59)49-17-8-3-9-18-49)40-55-54-21-10-11-22-56(54)64-60(55)58/h1-40H. The maximum absolute atomic E-state index is 6.65. The van der Waals surface area contributed by atoms with Crippen molar-refractivity contribution in [3.63, 3.8) is 0 Å². The predicted octanol–water partition coefficient (Wildman–Crippen LogP) is 17.2. The molecule has 0 bridgehead atoms. The molecule has 65 heavy (non-hydrogen) atoms. The smallest absolute Gasteiger partial charge is 0.227 e. The van der Waals surface area contributed by atoms with E-state index in [2.05, 4.69) is 199 Å². The molecule has 0 radical (unpaired) electrons. The first-order chi connectivity index (χ1) is 32.2. The van der Waals surface area contributed by atoms with Crippen LogP contribution in [0.15, 0.2) is 251 Å². The topological polar surface area (TPSA) is 42.4 Å². The molecule has 0 N–H and O–H groups in total. The van der Waals surface area contributed by atoms with Crippen LogP contribution in [0.1, 0.15) is 0 Å². The Labute approximate surface area is 377 Å². The fraction of sp³-hybridized carbons (Fsp3) is 0. The Morgan fingerprint density at radius 1 is 0.292 bits per heavy atom. The summed E-state index contributed by atoms with van der Waals surface area (Å²) in [6, 6.07) is 85.4. The SMILES string of the molecule is c1ccc(-c2ccc(-c3ccc(N(c4ccc(-c5c6nc(-c7ccccc7)oc6cc6c5oc5ccccc56)cc4)c4cccc(-c5ccc(-c6ccccc6)cc5)c4)cc3)cc2)cc1. The van der Waals surface area contributed by atoms with Crippen LogP contribution in [-0.2, 0) is 0 Å². The molecule has 2 heterocycles. The quantitative estimate of drug-likeness (QED) is 0.145. The summed E-state index contributed by atoms with van der Waals surface area (Å²) in [5.41, 5.74) is 18.4. The van der Waals surface area contributed by atoms with Gasteiger partial charge in [-0.25, -0.2) is 4.98 Å². The number of nitrogens with zero attached hydrogens (tertiary/aromatic N) is 2. The summed E-state index contributed by atoms with van der Waals surface area (Å²) in [7, 11) is 0. The first kappa shape index (κ1) is 38.0. The number of para-hydroxylation sites is 1. The molecule has 306 valence electrons. The summed E-state index contributed by atoms with van der Waals surface area (Å²) >= 11 is 0. The molecule has 4 heteroatoms. The van der Waals surface area contributed by atoms with Gasteiger partial charge in [0.25, 0.3) is 0 Å². The van der Waals surface area contributed by atoms with Crippen molar-refractivity contribution in [3.05, 3.63) is 243 Å². The van der Waals surface area contributed by atoms with Crippen LogP contribution in [0.3, 0.4) is 0 Å². The minimum absolute atomic E-state index is 0.576. The molecule has 0 atom stereocenters. The first-order valence-electron chi connectivity index (χ1n) is 21.9.